The largest absolute Gasteiger partial charge is 0.508 e. The van der Waals surface area contributed by atoms with E-state index in [4.69, 9.17) is 14.6 Å². The van der Waals surface area contributed by atoms with Gasteiger partial charge in [-0.2, -0.15) is 0 Å². The molecule has 1 N–H and O–H groups in total. The minimum absolute atomic E-state index is 0.114. The van der Waals surface area contributed by atoms with E-state index in [0.717, 1.165) is 0 Å². The Bertz CT molecular complexity index is 304. The molecule has 2 rings (SSSR count). The Balaban J connectivity index is 2.48. The Hall–Kier alpha value is -1.64. The van der Waals surface area contributed by atoms with Gasteiger partial charge in [0.2, 0.25) is 0 Å². The van der Waals surface area contributed by atoms with Crippen LogP contribution >= 0.6 is 0 Å². The zero-order valence-electron chi connectivity index (χ0n) is 5.57. The summed E-state index contributed by atoms with van der Waals surface area (Å²) in [5.41, 5.74) is 0. The summed E-state index contributed by atoms with van der Waals surface area (Å²) in [5, 5.41) is 9.00. The molecule has 0 bridgehead atoms. The highest BCUT2D eigenvalue weighted by Gasteiger charge is 2.07. The minimum atomic E-state index is 0.114. The van der Waals surface area contributed by atoms with Gasteiger partial charge in [0.25, 0.3) is 0 Å². The molecule has 0 fully saturated rings. The van der Waals surface area contributed by atoms with Gasteiger partial charge in [0.1, 0.15) is 18.3 Å². The molecular weight excluding hydrogens is 144 g/mol. The van der Waals surface area contributed by atoms with Crippen LogP contribution in [-0.4, -0.2) is 5.11 Å². The topological polar surface area (TPSA) is 38.7 Å². The Labute approximate surface area is 63.5 Å². The van der Waals surface area contributed by atoms with Crippen LogP contribution in [0.1, 0.15) is 0 Å². The molecule has 1 radical (unpaired) electrons. The van der Waals surface area contributed by atoms with Crippen molar-refractivity contribution in [3.8, 4) is 17.2 Å². The molecule has 0 aliphatic carbocycles. The van der Waals surface area contributed by atoms with Crippen molar-refractivity contribution in [3.05, 3.63) is 30.7 Å². The Morgan fingerprint density at radius 1 is 1.27 bits per heavy atom. The SMILES string of the molecule is Oc1c[c]c2c(c1)OC=CO2. The Morgan fingerprint density at radius 2 is 2.09 bits per heavy atom. The van der Waals surface area contributed by atoms with E-state index < -0.39 is 0 Å². The fraction of sp³-hybridized carbons (Fsp3) is 0. The average Bonchev–Trinajstić information content (AvgIpc) is 2.04. The van der Waals surface area contributed by atoms with Crippen LogP contribution in [0, 0.1) is 6.07 Å². The summed E-state index contributed by atoms with van der Waals surface area (Å²) in [6.45, 7) is 0. The van der Waals surface area contributed by atoms with Crippen molar-refractivity contribution in [3.63, 3.8) is 0 Å². The number of fused-ring (bicyclic) bond motifs is 1. The molecule has 0 atom stereocenters. The molecule has 0 unspecified atom stereocenters. The van der Waals surface area contributed by atoms with Crippen molar-refractivity contribution in [2.45, 2.75) is 0 Å². The summed E-state index contributed by atoms with van der Waals surface area (Å²) in [7, 11) is 0. The first-order valence-electron chi connectivity index (χ1n) is 3.09. The second-order valence-electron chi connectivity index (χ2n) is 2.06. The lowest BCUT2D eigenvalue weighted by atomic mass is 10.3. The first-order valence-corrected chi connectivity index (χ1v) is 3.09. The maximum absolute atomic E-state index is 9.00. The zero-order valence-corrected chi connectivity index (χ0v) is 5.57. The van der Waals surface area contributed by atoms with Gasteiger partial charge in [-0.05, 0) is 6.07 Å². The van der Waals surface area contributed by atoms with Crippen molar-refractivity contribution in [1.29, 1.82) is 0 Å². The molecular formula is C8H5O3. The van der Waals surface area contributed by atoms with Crippen molar-refractivity contribution in [2.24, 2.45) is 0 Å². The molecule has 1 aliphatic rings. The summed E-state index contributed by atoms with van der Waals surface area (Å²) in [6, 6.07) is 5.59. The smallest absolute Gasteiger partial charge is 0.177 e. The number of ether oxygens (including phenoxy) is 2. The number of hydrogen-bond acceptors (Lipinski definition) is 3. The van der Waals surface area contributed by atoms with Crippen LogP contribution in [0.4, 0.5) is 0 Å². The molecule has 1 aliphatic heterocycles. The predicted octanol–water partition coefficient (Wildman–Crippen LogP) is 1.43. The van der Waals surface area contributed by atoms with Crippen LogP contribution in [0.3, 0.4) is 0 Å². The van der Waals surface area contributed by atoms with Crippen molar-refractivity contribution in [2.75, 3.05) is 0 Å². The number of phenolic OH excluding ortho intramolecular Hbond substituents is 1. The fourth-order valence-corrected chi connectivity index (χ4v) is 0.829. The maximum Gasteiger partial charge on any atom is 0.177 e. The number of phenols is 1. The molecule has 0 aromatic heterocycles. The first kappa shape index (κ1) is 6.09. The first-order chi connectivity index (χ1) is 5.36. The van der Waals surface area contributed by atoms with Gasteiger partial charge >= 0.3 is 0 Å². The molecule has 1 aromatic carbocycles. The molecule has 11 heavy (non-hydrogen) atoms. The number of rotatable bonds is 0. The highest BCUT2D eigenvalue weighted by atomic mass is 16.5. The van der Waals surface area contributed by atoms with Crippen molar-refractivity contribution >= 4 is 0 Å². The zero-order chi connectivity index (χ0) is 7.68. The summed E-state index contributed by atoms with van der Waals surface area (Å²) in [4.78, 5) is 0. The third kappa shape index (κ3) is 1.00. The Morgan fingerprint density at radius 3 is 3.00 bits per heavy atom. The molecule has 55 valence electrons. The van der Waals surface area contributed by atoms with E-state index in [9.17, 15) is 0 Å². The third-order valence-electron chi connectivity index (χ3n) is 1.29. The van der Waals surface area contributed by atoms with Gasteiger partial charge in [-0.3, -0.25) is 0 Å². The second kappa shape index (κ2) is 2.20. The van der Waals surface area contributed by atoms with Crippen LogP contribution in [-0.2, 0) is 0 Å². The van der Waals surface area contributed by atoms with E-state index in [1.165, 1.54) is 24.7 Å². The lowest BCUT2D eigenvalue weighted by molar-refractivity contribution is 0.357. The van der Waals surface area contributed by atoms with Gasteiger partial charge in [0.05, 0.1) is 0 Å². The van der Waals surface area contributed by atoms with Crippen molar-refractivity contribution in [1.82, 2.24) is 0 Å². The number of hydrogen-bond donors (Lipinski definition) is 1. The van der Waals surface area contributed by atoms with Crippen LogP contribution in [0.25, 0.3) is 0 Å². The normalized spacial score (nSPS) is 13.1. The van der Waals surface area contributed by atoms with E-state index in [-0.39, 0.29) is 5.75 Å². The minimum Gasteiger partial charge on any atom is -0.508 e. The number of benzene rings is 1. The highest BCUT2D eigenvalue weighted by Crippen LogP contribution is 2.32. The molecule has 0 spiro atoms. The van der Waals surface area contributed by atoms with E-state index in [1.54, 1.807) is 0 Å². The highest BCUT2D eigenvalue weighted by molar-refractivity contribution is 5.45. The Kier molecular flexibility index (Phi) is 1.22. The van der Waals surface area contributed by atoms with E-state index >= 15 is 0 Å². The van der Waals surface area contributed by atoms with Gasteiger partial charge in [-0.15, -0.1) is 0 Å². The molecule has 0 saturated carbocycles. The monoisotopic (exact) mass is 149 g/mol. The summed E-state index contributed by atoms with van der Waals surface area (Å²) < 4.78 is 10.0. The third-order valence-corrected chi connectivity index (χ3v) is 1.29. The van der Waals surface area contributed by atoms with E-state index in [2.05, 4.69) is 6.07 Å². The molecule has 1 aromatic rings. The quantitative estimate of drug-likeness (QED) is 0.606. The van der Waals surface area contributed by atoms with Crippen LogP contribution in [0.5, 0.6) is 17.2 Å². The molecule has 0 amide bonds. The molecule has 3 heteroatoms. The van der Waals surface area contributed by atoms with Gasteiger partial charge in [0.15, 0.2) is 11.5 Å². The van der Waals surface area contributed by atoms with Crippen LogP contribution in [0.2, 0.25) is 0 Å². The van der Waals surface area contributed by atoms with Gasteiger partial charge in [-0.1, -0.05) is 0 Å². The van der Waals surface area contributed by atoms with Crippen LogP contribution in [0.15, 0.2) is 24.7 Å². The number of aromatic hydroxyl groups is 1. The molecule has 1 heterocycles. The lowest BCUT2D eigenvalue weighted by Gasteiger charge is -2.10. The standard InChI is InChI=1S/C8H5O3/c9-6-1-2-7-8(5-6)11-4-3-10-7/h1,3-5,9H. The summed E-state index contributed by atoms with van der Waals surface area (Å²) in [5.74, 6) is 1.08. The van der Waals surface area contributed by atoms with Gasteiger partial charge in [-0.25, -0.2) is 0 Å². The molecule has 3 nitrogen and oxygen atoms in total. The van der Waals surface area contributed by atoms with Gasteiger partial charge in [0, 0.05) is 12.1 Å². The van der Waals surface area contributed by atoms with Gasteiger partial charge < -0.3 is 14.6 Å². The second-order valence-corrected chi connectivity index (χ2v) is 2.06. The lowest BCUT2D eigenvalue weighted by Crippen LogP contribution is -1.95. The molecule has 0 saturated heterocycles. The van der Waals surface area contributed by atoms with Crippen molar-refractivity contribution < 1.29 is 14.6 Å². The van der Waals surface area contributed by atoms with E-state index in [0.29, 0.717) is 11.5 Å². The maximum atomic E-state index is 9.00. The summed E-state index contributed by atoms with van der Waals surface area (Å²) >= 11 is 0. The summed E-state index contributed by atoms with van der Waals surface area (Å²) in [6.07, 6.45) is 2.81. The fourth-order valence-electron chi connectivity index (χ4n) is 0.829. The van der Waals surface area contributed by atoms with E-state index in [1.807, 2.05) is 0 Å². The predicted molar refractivity (Wildman–Crippen MR) is 37.3 cm³/mol. The van der Waals surface area contributed by atoms with Crippen LogP contribution < -0.4 is 9.47 Å². The average molecular weight is 149 g/mol.